The van der Waals surface area contributed by atoms with Crippen LogP contribution < -0.4 is 5.32 Å². The topological polar surface area (TPSA) is 66.5 Å². The summed E-state index contributed by atoms with van der Waals surface area (Å²) in [7, 11) is 0. The number of anilines is 1. The minimum absolute atomic E-state index is 0.137. The summed E-state index contributed by atoms with van der Waals surface area (Å²) in [6.45, 7) is 0.647. The standard InChI is InChI=1S/C22H15ClN2O3/c23-11-7-8-15-14(10-11)22(21(28)24-15)18-17(16-6-3-9-25(16)22)19(26)12-4-1-2-5-13(12)20(18)27/h1-2,4-5,7-8,10,16H,3,6,9H2,(H,24,28)/t16-,22+/m1/s1. The third kappa shape index (κ3) is 1.66. The number of hydrogen-bond acceptors (Lipinski definition) is 4. The Balaban J connectivity index is 1.71. The Kier molecular flexibility index (Phi) is 3.00. The largest absolute Gasteiger partial charge is 0.324 e. The number of nitrogens with one attached hydrogen (secondary N) is 1. The van der Waals surface area contributed by atoms with Gasteiger partial charge in [0.15, 0.2) is 17.1 Å². The second kappa shape index (κ2) is 5.19. The van der Waals surface area contributed by atoms with E-state index in [-0.39, 0.29) is 23.5 Å². The lowest BCUT2D eigenvalue weighted by Gasteiger charge is -2.35. The van der Waals surface area contributed by atoms with Crippen LogP contribution in [0, 0.1) is 0 Å². The van der Waals surface area contributed by atoms with Gasteiger partial charge in [-0.3, -0.25) is 19.3 Å². The molecule has 0 aromatic heterocycles. The predicted octanol–water partition coefficient (Wildman–Crippen LogP) is 3.34. The number of carbonyl (C=O) groups is 3. The molecule has 1 amide bonds. The second-order valence-corrected chi connectivity index (χ2v) is 8.13. The molecule has 138 valence electrons. The molecule has 2 atom stereocenters. The zero-order valence-electron chi connectivity index (χ0n) is 14.8. The first-order valence-electron chi connectivity index (χ1n) is 9.36. The molecule has 3 aliphatic heterocycles. The van der Waals surface area contributed by atoms with Crippen LogP contribution in [0.2, 0.25) is 5.02 Å². The van der Waals surface area contributed by atoms with E-state index in [2.05, 4.69) is 5.32 Å². The summed E-state index contributed by atoms with van der Waals surface area (Å²) in [5.74, 6) is -0.646. The molecule has 6 rings (SSSR count). The van der Waals surface area contributed by atoms with Gasteiger partial charge in [0, 0.05) is 51.1 Å². The summed E-state index contributed by atoms with van der Waals surface area (Å²) in [6, 6.07) is 11.9. The van der Waals surface area contributed by atoms with Crippen molar-refractivity contribution < 1.29 is 14.4 Å². The van der Waals surface area contributed by atoms with Crippen molar-refractivity contribution >= 4 is 34.8 Å². The SMILES string of the molecule is O=C1C2=C(C(=O)c3ccccc31)[C@@]1(C(=O)Nc3ccc(Cl)cc31)N1CCC[C@H]21. The minimum Gasteiger partial charge on any atom is -0.324 e. The molecule has 1 aliphatic carbocycles. The normalized spacial score (nSPS) is 27.8. The molecule has 2 aromatic carbocycles. The fraction of sp³-hybridized carbons (Fsp3) is 0.227. The maximum Gasteiger partial charge on any atom is 0.254 e. The Bertz CT molecular complexity index is 1170. The number of amides is 1. The van der Waals surface area contributed by atoms with Crippen LogP contribution in [-0.4, -0.2) is 35.0 Å². The fourth-order valence-electron chi connectivity index (χ4n) is 5.48. The first-order chi connectivity index (χ1) is 13.5. The van der Waals surface area contributed by atoms with Gasteiger partial charge in [-0.05, 0) is 31.0 Å². The number of Topliss-reactive ketones (excluding diaryl/α,β-unsaturated/α-hetero) is 2. The molecule has 2 aromatic rings. The van der Waals surface area contributed by atoms with E-state index >= 15 is 0 Å². The van der Waals surface area contributed by atoms with Crippen LogP contribution in [-0.2, 0) is 10.3 Å². The minimum atomic E-state index is -1.28. The number of carbonyl (C=O) groups excluding carboxylic acids is 3. The average molecular weight is 391 g/mol. The molecule has 4 aliphatic rings. The summed E-state index contributed by atoms with van der Waals surface area (Å²) in [5, 5.41) is 3.42. The third-order valence-corrected chi connectivity index (χ3v) is 6.72. The third-order valence-electron chi connectivity index (χ3n) is 6.48. The van der Waals surface area contributed by atoms with Gasteiger partial charge in [0.25, 0.3) is 5.91 Å². The van der Waals surface area contributed by atoms with Crippen molar-refractivity contribution in [3.8, 4) is 0 Å². The van der Waals surface area contributed by atoms with Crippen LogP contribution in [0.15, 0.2) is 53.6 Å². The van der Waals surface area contributed by atoms with Crippen LogP contribution in [0.5, 0.6) is 0 Å². The molecule has 0 radical (unpaired) electrons. The molecule has 1 fully saturated rings. The van der Waals surface area contributed by atoms with Crippen LogP contribution in [0.3, 0.4) is 0 Å². The van der Waals surface area contributed by atoms with Gasteiger partial charge in [0.1, 0.15) is 0 Å². The number of hydrogen-bond donors (Lipinski definition) is 1. The number of rotatable bonds is 0. The lowest BCUT2D eigenvalue weighted by molar-refractivity contribution is -0.124. The maximum absolute atomic E-state index is 13.6. The first-order valence-corrected chi connectivity index (χ1v) is 9.74. The smallest absolute Gasteiger partial charge is 0.254 e. The Morgan fingerprint density at radius 2 is 1.79 bits per heavy atom. The Hall–Kier alpha value is -2.76. The van der Waals surface area contributed by atoms with E-state index in [4.69, 9.17) is 11.6 Å². The highest BCUT2D eigenvalue weighted by Gasteiger charge is 2.66. The fourth-order valence-corrected chi connectivity index (χ4v) is 5.65. The van der Waals surface area contributed by atoms with E-state index in [1.54, 1.807) is 42.5 Å². The van der Waals surface area contributed by atoms with E-state index in [0.29, 0.717) is 45.1 Å². The van der Waals surface area contributed by atoms with Gasteiger partial charge in [-0.2, -0.15) is 0 Å². The summed E-state index contributed by atoms with van der Waals surface area (Å²) in [6.07, 6.45) is 1.63. The van der Waals surface area contributed by atoms with Gasteiger partial charge < -0.3 is 5.32 Å². The Morgan fingerprint density at radius 1 is 1.04 bits per heavy atom. The number of benzene rings is 2. The molecular weight excluding hydrogens is 376 g/mol. The number of fused-ring (bicyclic) bond motifs is 7. The lowest BCUT2D eigenvalue weighted by atomic mass is 9.74. The van der Waals surface area contributed by atoms with Crippen LogP contribution >= 0.6 is 11.6 Å². The predicted molar refractivity (Wildman–Crippen MR) is 104 cm³/mol. The molecular formula is C22H15ClN2O3. The van der Waals surface area contributed by atoms with E-state index in [0.717, 1.165) is 12.8 Å². The summed E-state index contributed by atoms with van der Waals surface area (Å²) in [5.41, 5.74) is 1.64. The van der Waals surface area contributed by atoms with Crippen LogP contribution in [0.25, 0.3) is 0 Å². The van der Waals surface area contributed by atoms with Crippen molar-refractivity contribution in [2.24, 2.45) is 0 Å². The van der Waals surface area contributed by atoms with Crippen LogP contribution in [0.1, 0.15) is 39.1 Å². The van der Waals surface area contributed by atoms with Crippen LogP contribution in [0.4, 0.5) is 5.69 Å². The van der Waals surface area contributed by atoms with Crippen molar-refractivity contribution in [1.82, 2.24) is 4.90 Å². The van der Waals surface area contributed by atoms with Crippen molar-refractivity contribution in [3.05, 3.63) is 75.3 Å². The van der Waals surface area contributed by atoms with Crippen molar-refractivity contribution in [3.63, 3.8) is 0 Å². The highest BCUT2D eigenvalue weighted by atomic mass is 35.5. The number of nitrogens with zero attached hydrogens (tertiary/aromatic N) is 1. The van der Waals surface area contributed by atoms with E-state index in [9.17, 15) is 14.4 Å². The molecule has 28 heavy (non-hydrogen) atoms. The van der Waals surface area contributed by atoms with Gasteiger partial charge >= 0.3 is 0 Å². The molecule has 6 heteroatoms. The Labute approximate surface area is 166 Å². The van der Waals surface area contributed by atoms with Gasteiger partial charge in [-0.15, -0.1) is 0 Å². The Morgan fingerprint density at radius 3 is 2.57 bits per heavy atom. The molecule has 0 saturated carbocycles. The number of halogens is 1. The highest BCUT2D eigenvalue weighted by Crippen LogP contribution is 2.57. The summed E-state index contributed by atoms with van der Waals surface area (Å²) < 4.78 is 0. The van der Waals surface area contributed by atoms with E-state index in [1.165, 1.54) is 0 Å². The van der Waals surface area contributed by atoms with Crippen molar-refractivity contribution in [2.75, 3.05) is 11.9 Å². The summed E-state index contributed by atoms with van der Waals surface area (Å²) in [4.78, 5) is 42.5. The van der Waals surface area contributed by atoms with Gasteiger partial charge in [0.2, 0.25) is 0 Å². The molecule has 1 spiro atoms. The molecule has 0 bridgehead atoms. The van der Waals surface area contributed by atoms with Crippen molar-refractivity contribution in [1.29, 1.82) is 0 Å². The monoisotopic (exact) mass is 390 g/mol. The highest BCUT2D eigenvalue weighted by molar-refractivity contribution is 6.33. The molecule has 0 unspecified atom stereocenters. The maximum atomic E-state index is 13.6. The zero-order valence-corrected chi connectivity index (χ0v) is 15.5. The quantitative estimate of drug-likeness (QED) is 0.749. The first kappa shape index (κ1) is 16.2. The number of ketones is 2. The van der Waals surface area contributed by atoms with Gasteiger partial charge in [-0.1, -0.05) is 35.9 Å². The molecule has 1 saturated heterocycles. The summed E-state index contributed by atoms with van der Waals surface area (Å²) >= 11 is 6.27. The van der Waals surface area contributed by atoms with E-state index < -0.39 is 5.54 Å². The van der Waals surface area contributed by atoms with Crippen molar-refractivity contribution in [2.45, 2.75) is 24.4 Å². The van der Waals surface area contributed by atoms with Gasteiger partial charge in [-0.25, -0.2) is 0 Å². The van der Waals surface area contributed by atoms with E-state index in [1.807, 2.05) is 4.90 Å². The molecule has 3 heterocycles. The molecule has 5 nitrogen and oxygen atoms in total. The average Bonchev–Trinajstić information content (AvgIpc) is 3.34. The zero-order chi connectivity index (χ0) is 19.2. The van der Waals surface area contributed by atoms with Gasteiger partial charge in [0.05, 0.1) is 0 Å². The molecule has 1 N–H and O–H groups in total. The lowest BCUT2D eigenvalue weighted by Crippen LogP contribution is -2.51. The second-order valence-electron chi connectivity index (χ2n) is 7.70.